The number of hydrogen-bond donors (Lipinski definition) is 2. The Balaban J connectivity index is 1.84. The maximum absolute atomic E-state index is 11.2. The minimum Gasteiger partial charge on any atom is -0.369 e. The number of amides is 1. The van der Waals surface area contributed by atoms with E-state index in [1.54, 1.807) is 0 Å². The fourth-order valence-electron chi connectivity index (χ4n) is 3.90. The average Bonchev–Trinajstić information content (AvgIpc) is 2.80. The van der Waals surface area contributed by atoms with Crippen molar-refractivity contribution in [3.05, 3.63) is 91.0 Å². The standard InChI is InChI=1S/C26H31N2OP/c1-22(26(27)29)21-28-19-11-12-20-30(23-13-5-2-6-14-23,24-15-7-3-8-16-24)25-17-9-4-10-18-25/h2-10,13-18,22,28H,11-12,19-21H2,1H3,(H-,27,29)/p+1. The number of carbonyl (C=O) groups is 1. The molecule has 3 N–H and O–H groups in total. The Morgan fingerprint density at radius 1 is 0.800 bits per heavy atom. The van der Waals surface area contributed by atoms with Crippen molar-refractivity contribution in [2.75, 3.05) is 19.3 Å². The van der Waals surface area contributed by atoms with Gasteiger partial charge in [-0.05, 0) is 55.8 Å². The summed E-state index contributed by atoms with van der Waals surface area (Å²) in [4.78, 5) is 11.2. The fraction of sp³-hybridized carbons (Fsp3) is 0.269. The zero-order chi connectivity index (χ0) is 21.2. The first-order chi connectivity index (χ1) is 14.6. The van der Waals surface area contributed by atoms with E-state index in [0.29, 0.717) is 6.54 Å². The van der Waals surface area contributed by atoms with Crippen LogP contribution >= 0.6 is 7.26 Å². The third-order valence-corrected chi connectivity index (χ3v) is 10.2. The van der Waals surface area contributed by atoms with Crippen LogP contribution in [0.15, 0.2) is 91.0 Å². The van der Waals surface area contributed by atoms with E-state index >= 15 is 0 Å². The normalized spacial score (nSPS) is 12.4. The Hall–Kier alpha value is -2.48. The van der Waals surface area contributed by atoms with Crippen molar-refractivity contribution in [2.24, 2.45) is 11.7 Å². The molecule has 0 spiro atoms. The van der Waals surface area contributed by atoms with Crippen LogP contribution < -0.4 is 27.0 Å². The number of primary amides is 1. The van der Waals surface area contributed by atoms with Crippen LogP contribution in [-0.4, -0.2) is 25.2 Å². The highest BCUT2D eigenvalue weighted by Crippen LogP contribution is 2.55. The van der Waals surface area contributed by atoms with Crippen molar-refractivity contribution < 1.29 is 4.79 Å². The number of rotatable bonds is 11. The predicted octanol–water partition coefficient (Wildman–Crippen LogP) is 3.47. The molecule has 4 heteroatoms. The molecule has 1 unspecified atom stereocenters. The Labute approximate surface area is 181 Å². The van der Waals surface area contributed by atoms with Gasteiger partial charge in [-0.1, -0.05) is 61.5 Å². The van der Waals surface area contributed by atoms with Crippen LogP contribution in [0.2, 0.25) is 0 Å². The molecule has 30 heavy (non-hydrogen) atoms. The molecular weight excluding hydrogens is 387 g/mol. The molecule has 0 aliphatic carbocycles. The molecule has 0 aromatic heterocycles. The van der Waals surface area contributed by atoms with Crippen LogP contribution in [0, 0.1) is 5.92 Å². The highest BCUT2D eigenvalue weighted by atomic mass is 31.2. The Morgan fingerprint density at radius 2 is 1.23 bits per heavy atom. The highest BCUT2D eigenvalue weighted by Gasteiger charge is 2.44. The number of hydrogen-bond acceptors (Lipinski definition) is 2. The molecule has 3 rings (SSSR count). The molecule has 156 valence electrons. The topological polar surface area (TPSA) is 55.1 Å². The molecule has 0 saturated carbocycles. The van der Waals surface area contributed by atoms with Gasteiger partial charge < -0.3 is 11.1 Å². The summed E-state index contributed by atoms with van der Waals surface area (Å²) in [6, 6.07) is 33.0. The highest BCUT2D eigenvalue weighted by molar-refractivity contribution is 7.95. The molecule has 0 saturated heterocycles. The van der Waals surface area contributed by atoms with Gasteiger partial charge in [0.05, 0.1) is 6.16 Å². The first kappa shape index (κ1) is 22.2. The van der Waals surface area contributed by atoms with Crippen molar-refractivity contribution in [3.63, 3.8) is 0 Å². The third kappa shape index (κ3) is 5.36. The molecule has 3 aromatic rings. The van der Waals surface area contributed by atoms with Crippen LogP contribution in [0.1, 0.15) is 19.8 Å². The molecule has 0 aliphatic heterocycles. The largest absolute Gasteiger partial charge is 0.369 e. The van der Waals surface area contributed by atoms with Crippen molar-refractivity contribution >= 4 is 29.1 Å². The molecule has 0 bridgehead atoms. The zero-order valence-corrected chi connectivity index (χ0v) is 18.6. The van der Waals surface area contributed by atoms with E-state index in [9.17, 15) is 4.79 Å². The van der Waals surface area contributed by atoms with Gasteiger partial charge in [0.15, 0.2) is 0 Å². The lowest BCUT2D eigenvalue weighted by Gasteiger charge is -2.27. The second-order valence-corrected chi connectivity index (χ2v) is 11.4. The van der Waals surface area contributed by atoms with E-state index in [1.165, 1.54) is 15.9 Å². The summed E-state index contributed by atoms with van der Waals surface area (Å²) in [6.45, 7) is 3.41. The van der Waals surface area contributed by atoms with Gasteiger partial charge in [-0.15, -0.1) is 0 Å². The smallest absolute Gasteiger partial charge is 0.221 e. The summed E-state index contributed by atoms with van der Waals surface area (Å²) >= 11 is 0. The van der Waals surface area contributed by atoms with E-state index in [4.69, 9.17) is 5.73 Å². The predicted molar refractivity (Wildman–Crippen MR) is 130 cm³/mol. The molecular formula is C26H32N2OP+. The van der Waals surface area contributed by atoms with Crippen molar-refractivity contribution in [1.29, 1.82) is 0 Å². The first-order valence-corrected chi connectivity index (χ1v) is 12.7. The summed E-state index contributed by atoms with van der Waals surface area (Å²) in [6.07, 6.45) is 3.31. The number of unbranched alkanes of at least 4 members (excludes halogenated alkanes) is 1. The van der Waals surface area contributed by atoms with Gasteiger partial charge in [0.2, 0.25) is 5.91 Å². The van der Waals surface area contributed by atoms with E-state index in [2.05, 4.69) is 96.3 Å². The monoisotopic (exact) mass is 419 g/mol. The summed E-state index contributed by atoms with van der Waals surface area (Å²) in [5, 5.41) is 7.67. The maximum atomic E-state index is 11.2. The lowest BCUT2D eigenvalue weighted by molar-refractivity contribution is -0.121. The van der Waals surface area contributed by atoms with Gasteiger partial charge in [0.1, 0.15) is 23.2 Å². The number of benzene rings is 3. The Kier molecular flexibility index (Phi) is 8.19. The van der Waals surface area contributed by atoms with Gasteiger partial charge in [-0.25, -0.2) is 0 Å². The molecule has 3 aromatic carbocycles. The van der Waals surface area contributed by atoms with E-state index in [1.807, 2.05) is 6.92 Å². The van der Waals surface area contributed by atoms with Gasteiger partial charge >= 0.3 is 0 Å². The molecule has 0 fully saturated rings. The van der Waals surface area contributed by atoms with Crippen molar-refractivity contribution in [2.45, 2.75) is 19.8 Å². The molecule has 0 radical (unpaired) electrons. The second kappa shape index (κ2) is 11.1. The lowest BCUT2D eigenvalue weighted by Crippen LogP contribution is -2.34. The Morgan fingerprint density at radius 3 is 1.63 bits per heavy atom. The van der Waals surface area contributed by atoms with E-state index < -0.39 is 7.26 Å². The quantitative estimate of drug-likeness (QED) is 0.369. The Bertz CT molecular complexity index is 803. The molecule has 3 nitrogen and oxygen atoms in total. The minimum atomic E-state index is -1.74. The molecule has 0 heterocycles. The average molecular weight is 420 g/mol. The fourth-order valence-corrected chi connectivity index (χ4v) is 8.31. The van der Waals surface area contributed by atoms with E-state index in [0.717, 1.165) is 25.5 Å². The first-order valence-electron chi connectivity index (χ1n) is 10.7. The SMILES string of the molecule is CC(CNCCCC[P+](c1ccccc1)(c1ccccc1)c1ccccc1)C(N)=O. The van der Waals surface area contributed by atoms with Gasteiger partial charge in [0.25, 0.3) is 0 Å². The zero-order valence-electron chi connectivity index (χ0n) is 17.7. The molecule has 1 amide bonds. The summed E-state index contributed by atoms with van der Waals surface area (Å²) in [7, 11) is -1.74. The van der Waals surface area contributed by atoms with Crippen molar-refractivity contribution in [1.82, 2.24) is 5.32 Å². The lowest BCUT2D eigenvalue weighted by atomic mass is 10.2. The van der Waals surface area contributed by atoms with Crippen LogP contribution in [-0.2, 0) is 4.79 Å². The number of carbonyl (C=O) groups excluding carboxylic acids is 1. The summed E-state index contributed by atoms with van der Waals surface area (Å²) in [5.41, 5.74) is 5.35. The van der Waals surface area contributed by atoms with Gasteiger partial charge in [-0.3, -0.25) is 4.79 Å². The van der Waals surface area contributed by atoms with Crippen LogP contribution in [0.4, 0.5) is 0 Å². The van der Waals surface area contributed by atoms with Gasteiger partial charge in [-0.2, -0.15) is 0 Å². The van der Waals surface area contributed by atoms with Crippen LogP contribution in [0.25, 0.3) is 0 Å². The maximum Gasteiger partial charge on any atom is 0.221 e. The van der Waals surface area contributed by atoms with Crippen molar-refractivity contribution in [3.8, 4) is 0 Å². The molecule has 0 aliphatic rings. The minimum absolute atomic E-state index is 0.130. The number of nitrogens with two attached hydrogens (primary N) is 1. The van der Waals surface area contributed by atoms with Gasteiger partial charge in [0, 0.05) is 12.5 Å². The summed E-state index contributed by atoms with van der Waals surface area (Å²) in [5.74, 6) is -0.376. The van der Waals surface area contributed by atoms with Crippen LogP contribution in [0.3, 0.4) is 0 Å². The number of nitrogens with one attached hydrogen (secondary N) is 1. The third-order valence-electron chi connectivity index (χ3n) is 5.62. The van der Waals surface area contributed by atoms with E-state index in [-0.39, 0.29) is 11.8 Å². The second-order valence-electron chi connectivity index (χ2n) is 7.75. The summed E-state index contributed by atoms with van der Waals surface area (Å²) < 4.78 is 0. The molecule has 1 atom stereocenters. The van der Waals surface area contributed by atoms with Crippen LogP contribution in [0.5, 0.6) is 0 Å².